The first-order chi connectivity index (χ1) is 25.2. The predicted octanol–water partition coefficient (Wildman–Crippen LogP) is 14.4. The van der Waals surface area contributed by atoms with Crippen molar-refractivity contribution in [3.8, 4) is 0 Å². The summed E-state index contributed by atoms with van der Waals surface area (Å²) in [4.78, 5) is 12.4. The number of allylic oxidation sites excluding steroid dienone is 4. The van der Waals surface area contributed by atoms with Gasteiger partial charge in [-0.2, -0.15) is 0 Å². The van der Waals surface area contributed by atoms with Gasteiger partial charge in [-0.05, 0) is 64.2 Å². The third-order valence-electron chi connectivity index (χ3n) is 10.7. The molecule has 2 atom stereocenters. The molecule has 0 aliphatic carbocycles. The Morgan fingerprint density at radius 3 is 1.08 bits per heavy atom. The van der Waals surface area contributed by atoms with Crippen molar-refractivity contribution in [2.75, 3.05) is 6.61 Å². The molecule has 0 aromatic carbocycles. The lowest BCUT2D eigenvalue weighted by atomic mass is 10.0. The molecule has 0 rings (SSSR count). The molecular weight excluding hydrogens is 627 g/mol. The van der Waals surface area contributed by atoms with Crippen molar-refractivity contribution in [1.29, 1.82) is 0 Å². The Balaban J connectivity index is 3.50. The van der Waals surface area contributed by atoms with Crippen LogP contribution in [0.25, 0.3) is 0 Å². The fourth-order valence-corrected chi connectivity index (χ4v) is 7.12. The van der Waals surface area contributed by atoms with E-state index < -0.39 is 12.1 Å². The number of rotatable bonds is 42. The first kappa shape index (κ1) is 49.9. The highest BCUT2D eigenvalue weighted by atomic mass is 16.3. The number of aliphatic hydroxyl groups is 2. The van der Waals surface area contributed by atoms with E-state index in [9.17, 15) is 15.0 Å². The minimum absolute atomic E-state index is 0.0389. The fraction of sp³-hybridized carbons (Fsp3) is 0.894. The summed E-state index contributed by atoms with van der Waals surface area (Å²) in [5, 5.41) is 23.2. The molecule has 0 saturated carbocycles. The van der Waals surface area contributed by atoms with E-state index in [1.165, 1.54) is 193 Å². The molecule has 0 aliphatic heterocycles. The summed E-state index contributed by atoms with van der Waals surface area (Å²) >= 11 is 0. The number of aliphatic hydroxyl groups excluding tert-OH is 2. The van der Waals surface area contributed by atoms with Gasteiger partial charge in [-0.1, -0.05) is 205 Å². The van der Waals surface area contributed by atoms with Crippen molar-refractivity contribution < 1.29 is 15.0 Å². The van der Waals surface area contributed by atoms with Crippen LogP contribution in [-0.2, 0) is 4.79 Å². The molecule has 4 nitrogen and oxygen atoms in total. The molecule has 0 unspecified atom stereocenters. The second kappa shape index (κ2) is 43.3. The number of unbranched alkanes of at least 4 members (excludes halogenated alkanes) is 31. The number of hydrogen-bond donors (Lipinski definition) is 3. The summed E-state index contributed by atoms with van der Waals surface area (Å²) in [5.41, 5.74) is 0. The Bertz CT molecular complexity index is 735. The van der Waals surface area contributed by atoms with E-state index in [2.05, 4.69) is 43.5 Å². The van der Waals surface area contributed by atoms with E-state index in [4.69, 9.17) is 0 Å². The largest absolute Gasteiger partial charge is 0.394 e. The maximum atomic E-state index is 12.4. The topological polar surface area (TPSA) is 69.6 Å². The zero-order valence-corrected chi connectivity index (χ0v) is 34.6. The minimum atomic E-state index is -0.679. The molecule has 0 fully saturated rings. The van der Waals surface area contributed by atoms with Crippen LogP contribution in [0.3, 0.4) is 0 Å². The lowest BCUT2D eigenvalue weighted by Gasteiger charge is -2.22. The Morgan fingerprint density at radius 2 is 0.745 bits per heavy atom. The average Bonchev–Trinajstić information content (AvgIpc) is 3.13. The van der Waals surface area contributed by atoms with Gasteiger partial charge in [0.25, 0.3) is 0 Å². The van der Waals surface area contributed by atoms with Crippen molar-refractivity contribution in [1.82, 2.24) is 5.32 Å². The van der Waals surface area contributed by atoms with Gasteiger partial charge in [0.1, 0.15) is 0 Å². The van der Waals surface area contributed by atoms with Crippen LogP contribution in [0.1, 0.15) is 251 Å². The second-order valence-electron chi connectivity index (χ2n) is 15.8. The summed E-state index contributed by atoms with van der Waals surface area (Å²) in [5.74, 6) is -0.0389. The molecule has 51 heavy (non-hydrogen) atoms. The zero-order chi connectivity index (χ0) is 37.1. The fourth-order valence-electron chi connectivity index (χ4n) is 7.12. The van der Waals surface area contributed by atoms with Crippen LogP contribution >= 0.6 is 0 Å². The maximum absolute atomic E-state index is 12.4. The normalized spacial score (nSPS) is 13.1. The van der Waals surface area contributed by atoms with E-state index in [-0.39, 0.29) is 12.5 Å². The molecule has 0 spiro atoms. The molecule has 302 valence electrons. The van der Waals surface area contributed by atoms with Gasteiger partial charge in [-0.25, -0.2) is 0 Å². The van der Waals surface area contributed by atoms with Gasteiger partial charge in [0.15, 0.2) is 0 Å². The van der Waals surface area contributed by atoms with Crippen molar-refractivity contribution in [2.24, 2.45) is 0 Å². The van der Waals surface area contributed by atoms with Crippen LogP contribution in [0.5, 0.6) is 0 Å². The Hall–Kier alpha value is -1.13. The highest BCUT2D eigenvalue weighted by Gasteiger charge is 2.19. The van der Waals surface area contributed by atoms with Crippen LogP contribution in [0.15, 0.2) is 24.3 Å². The van der Waals surface area contributed by atoms with Gasteiger partial charge in [0, 0.05) is 6.42 Å². The molecule has 0 aromatic heterocycles. The van der Waals surface area contributed by atoms with Crippen LogP contribution < -0.4 is 5.32 Å². The first-order valence-electron chi connectivity index (χ1n) is 23.0. The van der Waals surface area contributed by atoms with Crippen LogP contribution in [-0.4, -0.2) is 34.9 Å². The molecule has 0 aliphatic rings. The summed E-state index contributed by atoms with van der Waals surface area (Å²) < 4.78 is 0. The molecule has 4 heteroatoms. The SMILES string of the molecule is CCCCCCCC/C=C/CCCCCCCCCCCCCCCC(=O)N[C@@H](CO)[C@H](O)CCCC/C=C/CCCCCCCCCCCC. The van der Waals surface area contributed by atoms with Gasteiger partial charge < -0.3 is 15.5 Å². The monoisotopic (exact) mass is 718 g/mol. The number of nitrogens with one attached hydrogen (secondary N) is 1. The smallest absolute Gasteiger partial charge is 0.220 e. The number of carbonyl (C=O) groups excluding carboxylic acids is 1. The molecule has 0 heterocycles. The van der Waals surface area contributed by atoms with Crippen LogP contribution in [0.4, 0.5) is 0 Å². The van der Waals surface area contributed by atoms with Crippen LogP contribution in [0.2, 0.25) is 0 Å². The lowest BCUT2D eigenvalue weighted by Crippen LogP contribution is -2.45. The Labute approximate surface area is 319 Å². The maximum Gasteiger partial charge on any atom is 0.220 e. The third-order valence-corrected chi connectivity index (χ3v) is 10.7. The van der Waals surface area contributed by atoms with Crippen molar-refractivity contribution >= 4 is 5.91 Å². The van der Waals surface area contributed by atoms with Crippen LogP contribution in [0, 0.1) is 0 Å². The molecule has 0 radical (unpaired) electrons. The van der Waals surface area contributed by atoms with E-state index in [1.807, 2.05) is 0 Å². The number of hydrogen-bond acceptors (Lipinski definition) is 3. The number of amides is 1. The quantitative estimate of drug-likeness (QED) is 0.0435. The highest BCUT2D eigenvalue weighted by Crippen LogP contribution is 2.15. The molecule has 0 bridgehead atoms. The molecule has 3 N–H and O–H groups in total. The van der Waals surface area contributed by atoms with Gasteiger partial charge in [-0.3, -0.25) is 4.79 Å². The van der Waals surface area contributed by atoms with Gasteiger partial charge in [-0.15, -0.1) is 0 Å². The summed E-state index contributed by atoms with van der Waals surface area (Å²) in [6.45, 7) is 4.35. The van der Waals surface area contributed by atoms with Gasteiger partial charge in [0.2, 0.25) is 5.91 Å². The summed E-state index contributed by atoms with van der Waals surface area (Å²) in [6.07, 6.45) is 55.5. The Kier molecular flexibility index (Phi) is 42.3. The van der Waals surface area contributed by atoms with Gasteiger partial charge >= 0.3 is 0 Å². The highest BCUT2D eigenvalue weighted by molar-refractivity contribution is 5.76. The number of carbonyl (C=O) groups is 1. The molecular formula is C47H91NO3. The molecule has 0 aromatic rings. The summed E-state index contributed by atoms with van der Waals surface area (Å²) in [6, 6.07) is -0.550. The first-order valence-corrected chi connectivity index (χ1v) is 23.0. The van der Waals surface area contributed by atoms with Crippen molar-refractivity contribution in [2.45, 2.75) is 264 Å². The van der Waals surface area contributed by atoms with Crippen molar-refractivity contribution in [3.05, 3.63) is 24.3 Å². The third kappa shape index (κ3) is 39.9. The minimum Gasteiger partial charge on any atom is -0.394 e. The van der Waals surface area contributed by atoms with E-state index >= 15 is 0 Å². The lowest BCUT2D eigenvalue weighted by molar-refractivity contribution is -0.123. The average molecular weight is 718 g/mol. The van der Waals surface area contributed by atoms with Gasteiger partial charge in [0.05, 0.1) is 18.8 Å². The van der Waals surface area contributed by atoms with E-state index in [0.717, 1.165) is 32.1 Å². The molecule has 0 saturated heterocycles. The zero-order valence-electron chi connectivity index (χ0n) is 34.6. The van der Waals surface area contributed by atoms with E-state index in [0.29, 0.717) is 12.8 Å². The predicted molar refractivity (Wildman–Crippen MR) is 225 cm³/mol. The Morgan fingerprint density at radius 1 is 0.451 bits per heavy atom. The van der Waals surface area contributed by atoms with Crippen molar-refractivity contribution in [3.63, 3.8) is 0 Å². The summed E-state index contributed by atoms with van der Waals surface area (Å²) in [7, 11) is 0. The second-order valence-corrected chi connectivity index (χ2v) is 15.8. The standard InChI is InChI=1S/C47H91NO3/c1-3-5-7-9-11-13-15-17-19-21-22-23-24-25-26-27-29-31-33-35-37-39-41-43-47(51)48-45(44-49)46(50)42-40-38-36-34-32-30-28-20-18-16-14-12-10-8-6-4-2/h17,19,32,34,45-46,49-50H,3-16,18,20-31,33,35-44H2,1-2H3,(H,48,51)/b19-17+,34-32+/t45-,46+/m0/s1. The van der Waals surface area contributed by atoms with E-state index in [1.54, 1.807) is 0 Å². The molecule has 1 amide bonds.